The number of nitriles is 1. The average Bonchev–Trinajstić information content (AvgIpc) is 3.09. The first kappa shape index (κ1) is 20.4. The molecule has 0 bridgehead atoms. The molecule has 152 valence electrons. The normalized spacial score (nSPS) is 17.6. The summed E-state index contributed by atoms with van der Waals surface area (Å²) in [5.74, 6) is 0.182. The maximum atomic E-state index is 13.1. The van der Waals surface area contributed by atoms with Crippen molar-refractivity contribution < 1.29 is 27.9 Å². The standard InChI is InChI=1S/C19H16F3N3O4/c1-18(26,10-29-14-4-2-3-13(7-14)25(27)28)17-6-11-5-12(9-23)15(19(20,21)22)8-16(11)24-17/h2-5,7-8,17,24,26H,6,10H2,1H3. The van der Waals surface area contributed by atoms with Crippen LogP contribution in [-0.2, 0) is 12.6 Å². The number of nitro benzene ring substituents is 1. The zero-order valence-electron chi connectivity index (χ0n) is 15.2. The summed E-state index contributed by atoms with van der Waals surface area (Å²) in [4.78, 5) is 10.2. The molecule has 2 atom stereocenters. The first-order valence-electron chi connectivity index (χ1n) is 8.51. The number of non-ortho nitro benzene ring substituents is 1. The number of nitrogens with zero attached hydrogens (tertiary/aromatic N) is 2. The molecule has 7 nitrogen and oxygen atoms in total. The number of halogens is 3. The van der Waals surface area contributed by atoms with Gasteiger partial charge in [-0.1, -0.05) is 6.07 Å². The van der Waals surface area contributed by atoms with E-state index in [4.69, 9.17) is 10.00 Å². The summed E-state index contributed by atoms with van der Waals surface area (Å²) in [5.41, 5.74) is -2.52. The van der Waals surface area contributed by atoms with Gasteiger partial charge in [0.15, 0.2) is 0 Å². The molecule has 1 aliphatic heterocycles. The Balaban J connectivity index is 1.76. The molecule has 0 aliphatic carbocycles. The van der Waals surface area contributed by atoms with E-state index in [9.17, 15) is 28.4 Å². The van der Waals surface area contributed by atoms with Crippen LogP contribution in [0.25, 0.3) is 0 Å². The predicted molar refractivity (Wildman–Crippen MR) is 96.5 cm³/mol. The second-order valence-electron chi connectivity index (χ2n) is 6.97. The molecule has 0 aromatic heterocycles. The molecule has 1 aliphatic rings. The minimum absolute atomic E-state index is 0.169. The topological polar surface area (TPSA) is 108 Å². The number of ether oxygens (including phenoxy) is 1. The van der Waals surface area contributed by atoms with Gasteiger partial charge >= 0.3 is 6.18 Å². The lowest BCUT2D eigenvalue weighted by Gasteiger charge is -2.30. The molecule has 0 saturated carbocycles. The molecule has 0 radical (unpaired) electrons. The van der Waals surface area contributed by atoms with Crippen molar-refractivity contribution in [3.05, 3.63) is 63.2 Å². The van der Waals surface area contributed by atoms with Gasteiger partial charge in [-0.3, -0.25) is 10.1 Å². The van der Waals surface area contributed by atoms with Gasteiger partial charge < -0.3 is 15.2 Å². The molecule has 2 unspecified atom stereocenters. The largest absolute Gasteiger partial charge is 0.490 e. The van der Waals surface area contributed by atoms with E-state index >= 15 is 0 Å². The Kier molecular flexibility index (Phi) is 5.11. The lowest BCUT2D eigenvalue weighted by atomic mass is 9.93. The molecule has 0 spiro atoms. The van der Waals surface area contributed by atoms with Gasteiger partial charge in [0.25, 0.3) is 5.69 Å². The molecule has 0 amide bonds. The summed E-state index contributed by atoms with van der Waals surface area (Å²) < 4.78 is 44.9. The maximum absolute atomic E-state index is 13.1. The van der Waals surface area contributed by atoms with Crippen molar-refractivity contribution >= 4 is 11.4 Å². The fourth-order valence-corrected chi connectivity index (χ4v) is 3.13. The lowest BCUT2D eigenvalue weighted by molar-refractivity contribution is -0.384. The summed E-state index contributed by atoms with van der Waals surface area (Å²) in [6, 6.07) is 8.36. The average molecular weight is 407 g/mol. The van der Waals surface area contributed by atoms with Crippen LogP contribution >= 0.6 is 0 Å². The van der Waals surface area contributed by atoms with Crippen molar-refractivity contribution in [1.29, 1.82) is 5.26 Å². The lowest BCUT2D eigenvalue weighted by Crippen LogP contribution is -2.48. The van der Waals surface area contributed by atoms with Crippen LogP contribution in [0.5, 0.6) is 5.75 Å². The van der Waals surface area contributed by atoms with E-state index in [0.29, 0.717) is 5.56 Å². The number of anilines is 1. The van der Waals surface area contributed by atoms with E-state index in [1.807, 2.05) is 0 Å². The minimum Gasteiger partial charge on any atom is -0.490 e. The third-order valence-corrected chi connectivity index (χ3v) is 4.73. The fraction of sp³-hybridized carbons (Fsp3) is 0.316. The molecule has 1 heterocycles. The second-order valence-corrected chi connectivity index (χ2v) is 6.97. The quantitative estimate of drug-likeness (QED) is 0.579. The van der Waals surface area contributed by atoms with E-state index in [1.54, 1.807) is 6.07 Å². The molecule has 2 aromatic rings. The van der Waals surface area contributed by atoms with Gasteiger partial charge in [-0.05, 0) is 37.1 Å². The summed E-state index contributed by atoms with van der Waals surface area (Å²) in [6.07, 6.45) is -4.49. The molecule has 3 rings (SSSR count). The highest BCUT2D eigenvalue weighted by atomic mass is 19.4. The number of alkyl halides is 3. The number of rotatable bonds is 5. The molecule has 10 heteroatoms. The van der Waals surface area contributed by atoms with Crippen molar-refractivity contribution in [3.8, 4) is 11.8 Å². The van der Waals surface area contributed by atoms with E-state index in [0.717, 1.165) is 6.07 Å². The maximum Gasteiger partial charge on any atom is 0.417 e. The van der Waals surface area contributed by atoms with Crippen LogP contribution in [0.15, 0.2) is 36.4 Å². The Morgan fingerprint density at radius 2 is 2.10 bits per heavy atom. The zero-order valence-corrected chi connectivity index (χ0v) is 15.2. The molecular formula is C19H16F3N3O4. The van der Waals surface area contributed by atoms with Gasteiger partial charge in [0.1, 0.15) is 18.0 Å². The minimum atomic E-state index is -4.67. The van der Waals surface area contributed by atoms with Gasteiger partial charge in [0.05, 0.1) is 34.2 Å². The van der Waals surface area contributed by atoms with Crippen LogP contribution in [0, 0.1) is 21.4 Å². The third kappa shape index (κ3) is 4.25. The molecule has 2 aromatic carbocycles. The Morgan fingerprint density at radius 1 is 1.38 bits per heavy atom. The molecule has 29 heavy (non-hydrogen) atoms. The second kappa shape index (κ2) is 7.25. The molecule has 2 N–H and O–H groups in total. The monoisotopic (exact) mass is 407 g/mol. The number of hydrogen-bond acceptors (Lipinski definition) is 6. The van der Waals surface area contributed by atoms with Crippen molar-refractivity contribution in [3.63, 3.8) is 0 Å². The Bertz CT molecular complexity index is 999. The van der Waals surface area contributed by atoms with E-state index < -0.39 is 33.9 Å². The van der Waals surface area contributed by atoms with Crippen LogP contribution in [0.1, 0.15) is 23.6 Å². The number of nitro groups is 1. The molecule has 0 fully saturated rings. The number of hydrogen-bond donors (Lipinski definition) is 2. The number of fused-ring (bicyclic) bond motifs is 1. The van der Waals surface area contributed by atoms with Crippen LogP contribution in [0.4, 0.5) is 24.5 Å². The Hall–Kier alpha value is -3.32. The van der Waals surface area contributed by atoms with Crippen molar-refractivity contribution in [1.82, 2.24) is 0 Å². The highest BCUT2D eigenvalue weighted by Crippen LogP contribution is 2.39. The Labute approximate surface area is 163 Å². The first-order valence-corrected chi connectivity index (χ1v) is 8.51. The third-order valence-electron chi connectivity index (χ3n) is 4.73. The molecule has 0 saturated heterocycles. The van der Waals surface area contributed by atoms with Crippen molar-refractivity contribution in [2.24, 2.45) is 0 Å². The van der Waals surface area contributed by atoms with Crippen LogP contribution in [0.3, 0.4) is 0 Å². The highest BCUT2D eigenvalue weighted by molar-refractivity contribution is 5.63. The van der Waals surface area contributed by atoms with Gasteiger partial charge in [-0.15, -0.1) is 0 Å². The summed E-state index contributed by atoms with van der Waals surface area (Å²) >= 11 is 0. The number of aliphatic hydroxyl groups is 1. The number of benzene rings is 2. The molecular weight excluding hydrogens is 391 g/mol. The van der Waals surface area contributed by atoms with E-state index in [-0.39, 0.29) is 30.2 Å². The first-order chi connectivity index (χ1) is 13.5. The van der Waals surface area contributed by atoms with E-state index in [2.05, 4.69) is 5.32 Å². The van der Waals surface area contributed by atoms with Crippen molar-refractivity contribution in [2.75, 3.05) is 11.9 Å². The van der Waals surface area contributed by atoms with Crippen LogP contribution < -0.4 is 10.1 Å². The summed E-state index contributed by atoms with van der Waals surface area (Å²) in [6.45, 7) is 1.20. The highest BCUT2D eigenvalue weighted by Gasteiger charge is 2.40. The number of nitrogens with one attached hydrogen (secondary N) is 1. The van der Waals surface area contributed by atoms with Gasteiger partial charge in [-0.25, -0.2) is 0 Å². The van der Waals surface area contributed by atoms with E-state index in [1.165, 1.54) is 37.3 Å². The summed E-state index contributed by atoms with van der Waals surface area (Å²) in [5, 5.41) is 33.5. The van der Waals surface area contributed by atoms with Gasteiger partial charge in [-0.2, -0.15) is 18.4 Å². The fourth-order valence-electron chi connectivity index (χ4n) is 3.13. The van der Waals surface area contributed by atoms with Gasteiger partial charge in [0.2, 0.25) is 0 Å². The van der Waals surface area contributed by atoms with Crippen LogP contribution in [-0.4, -0.2) is 28.3 Å². The predicted octanol–water partition coefficient (Wildman–Crippen LogP) is 3.65. The summed E-state index contributed by atoms with van der Waals surface area (Å²) in [7, 11) is 0. The van der Waals surface area contributed by atoms with Gasteiger partial charge in [0, 0.05) is 11.8 Å². The van der Waals surface area contributed by atoms with Crippen LogP contribution in [0.2, 0.25) is 0 Å². The van der Waals surface area contributed by atoms with Crippen molar-refractivity contribution in [2.45, 2.75) is 31.2 Å². The zero-order chi connectivity index (χ0) is 21.4. The Morgan fingerprint density at radius 3 is 2.72 bits per heavy atom. The smallest absolute Gasteiger partial charge is 0.417 e. The SMILES string of the molecule is CC(O)(COc1cccc([N+](=O)[O-])c1)C1Cc2cc(C#N)c(C(F)(F)F)cc2N1.